The van der Waals surface area contributed by atoms with E-state index in [4.69, 9.17) is 19.4 Å². The van der Waals surface area contributed by atoms with E-state index in [1.54, 1.807) is 25.3 Å². The summed E-state index contributed by atoms with van der Waals surface area (Å²) in [5, 5.41) is 19.4. The monoisotopic (exact) mass is 1060 g/mol. The van der Waals surface area contributed by atoms with Gasteiger partial charge in [0.15, 0.2) is 0 Å². The summed E-state index contributed by atoms with van der Waals surface area (Å²) in [7, 11) is 7.19. The molecule has 0 aliphatic carbocycles. The van der Waals surface area contributed by atoms with Gasteiger partial charge in [-0.25, -0.2) is 15.2 Å². The molecule has 3 N–H and O–H groups in total. The lowest BCUT2D eigenvalue weighted by Gasteiger charge is -2.45. The number of benzene rings is 1. The molecule has 22 heteroatoms. The summed E-state index contributed by atoms with van der Waals surface area (Å²) in [6.07, 6.45) is 1.38. The number of hydrogen-bond acceptors (Lipinski definition) is 12. The number of fused-ring (bicyclic) bond motifs is 6. The maximum atomic E-state index is 14.6. The Hall–Kier alpha value is -3.19. The van der Waals surface area contributed by atoms with Crippen LogP contribution in [0.3, 0.4) is 0 Å². The first-order valence-corrected chi connectivity index (χ1v) is 22.8. The summed E-state index contributed by atoms with van der Waals surface area (Å²) >= 11 is 1.19. The number of aromatic nitrogens is 3. The molecule has 0 spiro atoms. The third-order valence-corrected chi connectivity index (χ3v) is 13.7. The summed E-state index contributed by atoms with van der Waals surface area (Å²) in [5.41, 5.74) is 8.78. The average molecular weight is 1060 g/mol. The molecule has 68 heavy (non-hydrogen) atoms. The van der Waals surface area contributed by atoms with Crippen LogP contribution in [-0.4, -0.2) is 142 Å². The standard InChI is InChI=1S/C46H63N9O7S.5H2S/c1-11-54-35-17-16-28-20-31(35)32(39(54)30-14-12-18-47-36(30)27(4)61-10)21-46(5,6)25-62-44(59)33-15-13-19-55(50-33)43(58)37(40(56)42-48-34(28)24-63-42)49-41(57)38(26(2)3)52(9)45(60)53-22-29(23-53)51(7)8;;;;;/h12,14,16-18,20,24,26-27,29,33,37-38,40,50,56H,11,13,15,19,21-23,25H2,1-10H3,(H,49,57);5*1H2/t27-,33-,37-,38-,40-;;;;;/m0...../s1. The zero-order valence-electron chi connectivity index (χ0n) is 40.7. The molecule has 4 amide bonds. The molecular formula is C46H73N9O7S6. The van der Waals surface area contributed by atoms with Gasteiger partial charge in [0.1, 0.15) is 29.2 Å². The Morgan fingerprint density at radius 1 is 1.07 bits per heavy atom. The molecule has 4 aromatic rings. The number of amides is 4. The van der Waals surface area contributed by atoms with E-state index in [0.29, 0.717) is 44.6 Å². The van der Waals surface area contributed by atoms with Gasteiger partial charge in [-0.05, 0) is 83.0 Å². The number of methoxy groups -OCH3 is 1. The molecule has 1 aromatic carbocycles. The highest BCUT2D eigenvalue weighted by atomic mass is 32.1. The first kappa shape index (κ1) is 60.9. The van der Waals surface area contributed by atoms with Crippen LogP contribution in [0.4, 0.5) is 4.79 Å². The lowest BCUT2D eigenvalue weighted by Crippen LogP contribution is -2.65. The van der Waals surface area contributed by atoms with E-state index in [0.717, 1.165) is 39.0 Å². The maximum Gasteiger partial charge on any atom is 0.324 e. The summed E-state index contributed by atoms with van der Waals surface area (Å²) in [6.45, 7) is 14.0. The van der Waals surface area contributed by atoms with Crippen LogP contribution in [0.2, 0.25) is 0 Å². The third-order valence-electron chi connectivity index (χ3n) is 12.7. The van der Waals surface area contributed by atoms with Crippen molar-refractivity contribution in [3.8, 4) is 22.5 Å². The average Bonchev–Trinajstić information content (AvgIpc) is 3.85. The quantitative estimate of drug-likeness (QED) is 0.179. The number of pyridine rings is 1. The molecule has 7 rings (SSSR count). The van der Waals surface area contributed by atoms with Gasteiger partial charge in [0.05, 0.1) is 29.8 Å². The lowest BCUT2D eigenvalue weighted by atomic mass is 9.84. The van der Waals surface area contributed by atoms with E-state index < -0.39 is 47.4 Å². The Labute approximate surface area is 439 Å². The molecule has 2 fully saturated rings. The molecule has 0 saturated carbocycles. The van der Waals surface area contributed by atoms with E-state index in [-0.39, 0.29) is 110 Å². The van der Waals surface area contributed by atoms with Crippen molar-refractivity contribution in [1.29, 1.82) is 0 Å². The van der Waals surface area contributed by atoms with Gasteiger partial charge in [0.2, 0.25) is 5.91 Å². The number of ether oxygens (including phenoxy) is 2. The van der Waals surface area contributed by atoms with Crippen molar-refractivity contribution >= 4 is 114 Å². The number of nitrogens with one attached hydrogen (secondary N) is 2. The number of urea groups is 1. The van der Waals surface area contributed by atoms with Gasteiger partial charge < -0.3 is 39.2 Å². The van der Waals surface area contributed by atoms with Gasteiger partial charge in [-0.1, -0.05) is 33.8 Å². The topological polar surface area (TPSA) is 175 Å². The molecule has 3 aromatic heterocycles. The Morgan fingerprint density at radius 3 is 2.40 bits per heavy atom. The van der Waals surface area contributed by atoms with E-state index in [9.17, 15) is 24.3 Å². The maximum absolute atomic E-state index is 14.6. The van der Waals surface area contributed by atoms with Crippen LogP contribution < -0.4 is 10.7 Å². The fraction of sp³-hybridized carbons (Fsp3) is 0.565. The van der Waals surface area contributed by atoms with Gasteiger partial charge in [-0.3, -0.25) is 24.4 Å². The molecule has 3 aliphatic heterocycles. The molecule has 5 atom stereocenters. The number of nitrogens with zero attached hydrogens (tertiary/aromatic N) is 7. The van der Waals surface area contributed by atoms with E-state index in [2.05, 4.69) is 59.2 Å². The number of aryl methyl sites for hydroxylation is 1. The Bertz CT molecular complexity index is 2360. The molecule has 16 nitrogen and oxygen atoms in total. The predicted octanol–water partition coefficient (Wildman–Crippen LogP) is 5.58. The van der Waals surface area contributed by atoms with Crippen LogP contribution in [0.15, 0.2) is 41.9 Å². The molecule has 2 saturated heterocycles. The number of hydrogen-bond donors (Lipinski definition) is 3. The van der Waals surface area contributed by atoms with Crippen LogP contribution >= 0.6 is 78.8 Å². The SMILES string of the molecule is CCn1c(-c2cccnc2[C@H](C)OC)c2c3cc(ccc31)-c1csc(n1)[C@@H](O)[C@H](NC(=O)[C@H](C(C)C)N(C)C(=O)N1CC(N(C)C)C1)C(=O)N1CCC[C@H](N1)C(=O)OCC(C)(C)C2.S.S.S.S.S. The second-order valence-electron chi connectivity index (χ2n) is 18.5. The summed E-state index contributed by atoms with van der Waals surface area (Å²) in [5.74, 6) is -2.08. The Balaban J connectivity index is 0.00000317. The largest absolute Gasteiger partial charge is 0.464 e. The summed E-state index contributed by atoms with van der Waals surface area (Å²) in [6, 6.07) is 6.81. The molecule has 6 heterocycles. The summed E-state index contributed by atoms with van der Waals surface area (Å²) < 4.78 is 14.2. The molecule has 0 unspecified atom stereocenters. The number of aliphatic hydroxyl groups excluding tert-OH is 1. The van der Waals surface area contributed by atoms with Gasteiger partial charge in [0.25, 0.3) is 5.91 Å². The second-order valence-corrected chi connectivity index (χ2v) is 19.4. The zero-order chi connectivity index (χ0) is 45.5. The van der Waals surface area contributed by atoms with Gasteiger partial charge >= 0.3 is 12.0 Å². The smallest absolute Gasteiger partial charge is 0.324 e. The van der Waals surface area contributed by atoms with Crippen LogP contribution in [0, 0.1) is 11.3 Å². The number of carbonyl (C=O) groups excluding carboxylic acids is 4. The lowest BCUT2D eigenvalue weighted by molar-refractivity contribution is -0.156. The van der Waals surface area contributed by atoms with Crippen LogP contribution in [0.1, 0.15) is 82.9 Å². The van der Waals surface area contributed by atoms with Crippen LogP contribution in [0.5, 0.6) is 0 Å². The van der Waals surface area contributed by atoms with Crippen molar-refractivity contribution in [2.24, 2.45) is 11.3 Å². The number of carbonyl (C=O) groups is 4. The second kappa shape index (κ2) is 25.3. The summed E-state index contributed by atoms with van der Waals surface area (Å²) in [4.78, 5) is 71.3. The van der Waals surface area contributed by atoms with Crippen LogP contribution in [0.25, 0.3) is 33.4 Å². The molecule has 380 valence electrons. The fourth-order valence-electron chi connectivity index (χ4n) is 9.05. The van der Waals surface area contributed by atoms with Crippen LogP contribution in [-0.2, 0) is 36.8 Å². The third kappa shape index (κ3) is 12.5. The van der Waals surface area contributed by atoms with Gasteiger partial charge in [-0.2, -0.15) is 67.5 Å². The number of cyclic esters (lactones) is 1. The van der Waals surface area contributed by atoms with Crippen molar-refractivity contribution < 1.29 is 33.8 Å². The highest BCUT2D eigenvalue weighted by molar-refractivity contribution is 7.60. The van der Waals surface area contributed by atoms with Crippen molar-refractivity contribution in [1.82, 2.24) is 45.0 Å². The zero-order valence-corrected chi connectivity index (χ0v) is 46.5. The number of hydrazine groups is 1. The molecule has 0 radical (unpaired) electrons. The molecule has 6 bridgehead atoms. The van der Waals surface area contributed by atoms with E-state index >= 15 is 0 Å². The highest BCUT2D eigenvalue weighted by Crippen LogP contribution is 2.42. The Kier molecular flexibility index (Phi) is 22.6. The van der Waals surface area contributed by atoms with Crippen molar-refractivity contribution in [2.75, 3.05) is 54.5 Å². The van der Waals surface area contributed by atoms with Gasteiger partial charge in [-0.15, -0.1) is 11.3 Å². The highest BCUT2D eigenvalue weighted by Gasteiger charge is 2.43. The Morgan fingerprint density at radius 2 is 1.76 bits per heavy atom. The number of likely N-dealkylation sites (tertiary alicyclic amines) is 1. The minimum absolute atomic E-state index is 0. The van der Waals surface area contributed by atoms with Crippen molar-refractivity contribution in [3.05, 3.63) is 58.2 Å². The normalized spacial score (nSPS) is 20.2. The predicted molar refractivity (Wildman–Crippen MR) is 293 cm³/mol. The minimum Gasteiger partial charge on any atom is -0.464 e. The number of likely N-dealkylation sites (N-methyl/N-ethyl adjacent to an activating group) is 2. The van der Waals surface area contributed by atoms with Gasteiger partial charge in [0, 0.05) is 85.4 Å². The van der Waals surface area contributed by atoms with Crippen molar-refractivity contribution in [2.45, 2.75) is 104 Å². The first-order chi connectivity index (χ1) is 29.9. The first-order valence-electron chi connectivity index (χ1n) is 21.9. The fourth-order valence-corrected chi connectivity index (χ4v) is 9.90. The van der Waals surface area contributed by atoms with E-state index in [1.807, 2.05) is 52.4 Å². The number of rotatable bonds is 9. The number of esters is 1. The molecular weight excluding hydrogens is 983 g/mol. The number of aliphatic hydroxyl groups is 1. The number of thiazole rings is 1. The van der Waals surface area contributed by atoms with Crippen molar-refractivity contribution in [3.63, 3.8) is 0 Å². The van der Waals surface area contributed by atoms with E-state index in [1.165, 1.54) is 21.2 Å². The molecule has 3 aliphatic rings. The minimum atomic E-state index is -1.57.